The summed E-state index contributed by atoms with van der Waals surface area (Å²) >= 11 is 0. The van der Waals surface area contributed by atoms with Crippen molar-refractivity contribution < 1.29 is 14.6 Å². The number of nitrogens with one attached hydrogen (secondary N) is 1. The molecule has 4 heteroatoms. The van der Waals surface area contributed by atoms with E-state index in [1.807, 2.05) is 13.8 Å². The second-order valence-electron chi connectivity index (χ2n) is 6.03. The van der Waals surface area contributed by atoms with E-state index in [1.54, 1.807) is 0 Å². The SMILES string of the molecule is CCCC1(CNCC(O)COCCOC(C)C)CC1. The van der Waals surface area contributed by atoms with Gasteiger partial charge in [0.1, 0.15) is 0 Å². The zero-order valence-electron chi connectivity index (χ0n) is 12.8. The Bertz CT molecular complexity index is 229. The molecule has 0 aromatic carbocycles. The van der Waals surface area contributed by atoms with E-state index in [-0.39, 0.29) is 6.10 Å². The zero-order valence-corrected chi connectivity index (χ0v) is 12.8. The molecule has 1 aliphatic carbocycles. The van der Waals surface area contributed by atoms with Crippen LogP contribution in [-0.4, -0.2) is 50.2 Å². The number of rotatable bonds is 12. The summed E-state index contributed by atoms with van der Waals surface area (Å²) in [6, 6.07) is 0. The average molecular weight is 273 g/mol. The normalized spacial score (nSPS) is 18.8. The van der Waals surface area contributed by atoms with Crippen LogP contribution in [0.15, 0.2) is 0 Å². The Morgan fingerprint density at radius 2 is 2.00 bits per heavy atom. The molecule has 0 radical (unpaired) electrons. The molecule has 4 nitrogen and oxygen atoms in total. The van der Waals surface area contributed by atoms with Gasteiger partial charge in [0.05, 0.1) is 32.0 Å². The van der Waals surface area contributed by atoms with Crippen LogP contribution in [0.1, 0.15) is 46.5 Å². The van der Waals surface area contributed by atoms with Gasteiger partial charge >= 0.3 is 0 Å². The van der Waals surface area contributed by atoms with E-state index in [9.17, 15) is 5.11 Å². The molecule has 0 aromatic rings. The summed E-state index contributed by atoms with van der Waals surface area (Å²) in [5, 5.41) is 13.1. The summed E-state index contributed by atoms with van der Waals surface area (Å²) in [6.45, 7) is 9.43. The quantitative estimate of drug-likeness (QED) is 0.534. The van der Waals surface area contributed by atoms with E-state index < -0.39 is 6.10 Å². The molecule has 0 heterocycles. The van der Waals surface area contributed by atoms with Crippen LogP contribution in [0.5, 0.6) is 0 Å². The van der Waals surface area contributed by atoms with E-state index in [1.165, 1.54) is 25.7 Å². The summed E-state index contributed by atoms with van der Waals surface area (Å²) in [7, 11) is 0. The first-order valence-corrected chi connectivity index (χ1v) is 7.66. The first kappa shape index (κ1) is 16.9. The van der Waals surface area contributed by atoms with Gasteiger partial charge in [-0.3, -0.25) is 0 Å². The number of hydrogen-bond acceptors (Lipinski definition) is 4. The summed E-state index contributed by atoms with van der Waals surface area (Å²) in [5.74, 6) is 0. The molecule has 0 aliphatic heterocycles. The average Bonchev–Trinajstić information content (AvgIpc) is 3.09. The molecule has 1 rings (SSSR count). The summed E-state index contributed by atoms with van der Waals surface area (Å²) < 4.78 is 10.7. The fourth-order valence-electron chi connectivity index (χ4n) is 2.35. The summed E-state index contributed by atoms with van der Waals surface area (Å²) in [6.07, 6.45) is 5.06. The number of ether oxygens (including phenoxy) is 2. The van der Waals surface area contributed by atoms with Gasteiger partial charge in [0.2, 0.25) is 0 Å². The molecule has 1 saturated carbocycles. The highest BCUT2D eigenvalue weighted by atomic mass is 16.5. The van der Waals surface area contributed by atoms with Crippen molar-refractivity contribution in [3.8, 4) is 0 Å². The molecule has 0 amide bonds. The van der Waals surface area contributed by atoms with Crippen molar-refractivity contribution in [1.82, 2.24) is 5.32 Å². The van der Waals surface area contributed by atoms with Crippen LogP contribution in [0.2, 0.25) is 0 Å². The van der Waals surface area contributed by atoms with Gasteiger partial charge in [0.25, 0.3) is 0 Å². The molecule has 0 spiro atoms. The Balaban J connectivity index is 1.92. The molecule has 0 aromatic heterocycles. The Hall–Kier alpha value is -0.160. The Morgan fingerprint density at radius 1 is 1.26 bits per heavy atom. The lowest BCUT2D eigenvalue weighted by atomic mass is 10.0. The zero-order chi connectivity index (χ0) is 14.1. The van der Waals surface area contributed by atoms with Gasteiger partial charge in [0.15, 0.2) is 0 Å². The lowest BCUT2D eigenvalue weighted by Gasteiger charge is -2.17. The highest BCUT2D eigenvalue weighted by Gasteiger charge is 2.40. The molecule has 19 heavy (non-hydrogen) atoms. The fourth-order valence-corrected chi connectivity index (χ4v) is 2.35. The third-order valence-electron chi connectivity index (χ3n) is 3.61. The monoisotopic (exact) mass is 273 g/mol. The van der Waals surface area contributed by atoms with Crippen LogP contribution >= 0.6 is 0 Å². The number of hydrogen-bond donors (Lipinski definition) is 2. The number of aliphatic hydroxyl groups excluding tert-OH is 1. The first-order valence-electron chi connectivity index (χ1n) is 7.66. The predicted octanol–water partition coefficient (Wildman–Crippen LogP) is 1.96. The lowest BCUT2D eigenvalue weighted by Crippen LogP contribution is -2.34. The molecule has 114 valence electrons. The minimum atomic E-state index is -0.420. The van der Waals surface area contributed by atoms with E-state index in [0.717, 1.165) is 6.54 Å². The molecule has 0 bridgehead atoms. The van der Waals surface area contributed by atoms with Gasteiger partial charge in [-0.25, -0.2) is 0 Å². The largest absolute Gasteiger partial charge is 0.389 e. The fraction of sp³-hybridized carbons (Fsp3) is 1.00. The predicted molar refractivity (Wildman–Crippen MR) is 77.4 cm³/mol. The maximum absolute atomic E-state index is 9.78. The Labute approximate surface area is 117 Å². The smallest absolute Gasteiger partial charge is 0.0897 e. The van der Waals surface area contributed by atoms with Crippen molar-refractivity contribution >= 4 is 0 Å². The maximum atomic E-state index is 9.78. The standard InChI is InChI=1S/C15H31NO3/c1-4-5-15(6-7-15)12-16-10-14(17)11-18-8-9-19-13(2)3/h13-14,16-17H,4-12H2,1-3H3. The van der Waals surface area contributed by atoms with Crippen molar-refractivity contribution in [1.29, 1.82) is 0 Å². The molecule has 1 unspecified atom stereocenters. The minimum absolute atomic E-state index is 0.239. The van der Waals surface area contributed by atoms with Gasteiger partial charge in [0, 0.05) is 13.1 Å². The highest BCUT2D eigenvalue weighted by Crippen LogP contribution is 2.48. The first-order chi connectivity index (χ1) is 9.08. The van der Waals surface area contributed by atoms with Crippen molar-refractivity contribution in [2.24, 2.45) is 5.41 Å². The second-order valence-corrected chi connectivity index (χ2v) is 6.03. The molecule has 1 aliphatic rings. The van der Waals surface area contributed by atoms with Crippen molar-refractivity contribution in [3.63, 3.8) is 0 Å². The molecule has 1 fully saturated rings. The molecular weight excluding hydrogens is 242 g/mol. The molecule has 0 saturated heterocycles. The maximum Gasteiger partial charge on any atom is 0.0897 e. The highest BCUT2D eigenvalue weighted by molar-refractivity contribution is 4.94. The van der Waals surface area contributed by atoms with Gasteiger partial charge in [-0.05, 0) is 38.5 Å². The van der Waals surface area contributed by atoms with E-state index in [4.69, 9.17) is 9.47 Å². The summed E-state index contributed by atoms with van der Waals surface area (Å²) in [5.41, 5.74) is 0.542. The molecule has 1 atom stereocenters. The van der Waals surface area contributed by atoms with Crippen LogP contribution in [0.3, 0.4) is 0 Å². The van der Waals surface area contributed by atoms with Crippen LogP contribution in [0.25, 0.3) is 0 Å². The lowest BCUT2D eigenvalue weighted by molar-refractivity contribution is -0.0101. The molecule has 2 N–H and O–H groups in total. The van der Waals surface area contributed by atoms with Crippen molar-refractivity contribution in [2.75, 3.05) is 32.9 Å². The molecular formula is C15H31NO3. The van der Waals surface area contributed by atoms with Crippen molar-refractivity contribution in [2.45, 2.75) is 58.7 Å². The van der Waals surface area contributed by atoms with Crippen LogP contribution in [0.4, 0.5) is 0 Å². The summed E-state index contributed by atoms with van der Waals surface area (Å²) in [4.78, 5) is 0. The van der Waals surface area contributed by atoms with Crippen LogP contribution in [0, 0.1) is 5.41 Å². The van der Waals surface area contributed by atoms with Crippen LogP contribution < -0.4 is 5.32 Å². The van der Waals surface area contributed by atoms with E-state index >= 15 is 0 Å². The van der Waals surface area contributed by atoms with Gasteiger partial charge < -0.3 is 19.9 Å². The van der Waals surface area contributed by atoms with E-state index in [0.29, 0.717) is 31.8 Å². The Morgan fingerprint density at radius 3 is 2.58 bits per heavy atom. The van der Waals surface area contributed by atoms with Gasteiger partial charge in [-0.1, -0.05) is 13.3 Å². The Kier molecular flexibility index (Phi) is 7.91. The topological polar surface area (TPSA) is 50.7 Å². The third-order valence-corrected chi connectivity index (χ3v) is 3.61. The second kappa shape index (κ2) is 8.90. The van der Waals surface area contributed by atoms with E-state index in [2.05, 4.69) is 12.2 Å². The third kappa shape index (κ3) is 7.88. The van der Waals surface area contributed by atoms with Crippen LogP contribution in [-0.2, 0) is 9.47 Å². The minimum Gasteiger partial charge on any atom is -0.389 e. The number of aliphatic hydroxyl groups is 1. The van der Waals surface area contributed by atoms with Crippen molar-refractivity contribution in [3.05, 3.63) is 0 Å². The van der Waals surface area contributed by atoms with Gasteiger partial charge in [-0.15, -0.1) is 0 Å². The van der Waals surface area contributed by atoms with Gasteiger partial charge in [-0.2, -0.15) is 0 Å².